The van der Waals surface area contributed by atoms with Gasteiger partial charge in [-0.15, -0.1) is 0 Å². The number of phenolic OH excluding ortho intramolecular Hbond substituents is 1. The highest BCUT2D eigenvalue weighted by molar-refractivity contribution is 9.10. The molecule has 1 fully saturated rings. The first kappa shape index (κ1) is 21.6. The molecular formula is C20H23BrN2O5S. The van der Waals surface area contributed by atoms with Crippen LogP contribution in [0.1, 0.15) is 21.5 Å². The zero-order chi connectivity index (χ0) is 21.3. The summed E-state index contributed by atoms with van der Waals surface area (Å²) < 4.78 is 33.0. The number of ether oxygens (including phenoxy) is 1. The number of rotatable bonds is 4. The monoisotopic (exact) mass is 482 g/mol. The van der Waals surface area contributed by atoms with Crippen LogP contribution >= 0.6 is 15.9 Å². The molecule has 0 aromatic heterocycles. The Morgan fingerprint density at radius 2 is 1.76 bits per heavy atom. The quantitative estimate of drug-likeness (QED) is 0.723. The third kappa shape index (κ3) is 4.26. The standard InChI is InChI=1S/C20H23BrN2O5S/c1-13-4-5-14(2)18(10-13)29(26,27)23-8-6-22(7-9-23)20(25)15-11-16(21)19(24)17(12-15)28-3/h4-5,10-12,24H,6-9H2,1-3H3. The minimum atomic E-state index is -3.62. The van der Waals surface area contributed by atoms with Gasteiger partial charge < -0.3 is 14.7 Å². The molecule has 7 nitrogen and oxygen atoms in total. The Morgan fingerprint density at radius 1 is 1.10 bits per heavy atom. The van der Waals surface area contributed by atoms with Crippen LogP contribution in [0, 0.1) is 13.8 Å². The first-order chi connectivity index (χ1) is 13.6. The third-order valence-corrected chi connectivity index (χ3v) is 7.63. The molecule has 0 unspecified atom stereocenters. The molecule has 1 N–H and O–H groups in total. The molecule has 0 bridgehead atoms. The zero-order valence-corrected chi connectivity index (χ0v) is 18.9. The van der Waals surface area contributed by atoms with Crippen molar-refractivity contribution in [3.8, 4) is 11.5 Å². The van der Waals surface area contributed by atoms with Gasteiger partial charge in [0.05, 0.1) is 16.5 Å². The topological polar surface area (TPSA) is 87.2 Å². The van der Waals surface area contributed by atoms with Crippen LogP contribution < -0.4 is 4.74 Å². The number of aromatic hydroxyl groups is 1. The third-order valence-electron chi connectivity index (χ3n) is 4.98. The molecule has 1 saturated heterocycles. The fourth-order valence-corrected chi connectivity index (χ4v) is 5.47. The van der Waals surface area contributed by atoms with Gasteiger partial charge in [-0.1, -0.05) is 12.1 Å². The van der Waals surface area contributed by atoms with Crippen molar-refractivity contribution < 1.29 is 23.1 Å². The number of amides is 1. The minimum Gasteiger partial charge on any atom is -0.503 e. The van der Waals surface area contributed by atoms with E-state index in [9.17, 15) is 18.3 Å². The lowest BCUT2D eigenvalue weighted by molar-refractivity contribution is 0.0697. The van der Waals surface area contributed by atoms with E-state index in [-0.39, 0.29) is 43.6 Å². The number of carbonyl (C=O) groups excluding carboxylic acids is 1. The van der Waals surface area contributed by atoms with E-state index in [0.717, 1.165) is 5.56 Å². The van der Waals surface area contributed by atoms with E-state index < -0.39 is 10.0 Å². The smallest absolute Gasteiger partial charge is 0.254 e. The number of sulfonamides is 1. The first-order valence-corrected chi connectivity index (χ1v) is 11.3. The number of phenols is 1. The summed E-state index contributed by atoms with van der Waals surface area (Å²) in [5.41, 5.74) is 1.95. The van der Waals surface area contributed by atoms with Gasteiger partial charge in [-0.25, -0.2) is 8.42 Å². The van der Waals surface area contributed by atoms with Crippen LogP contribution in [0.5, 0.6) is 11.5 Å². The highest BCUT2D eigenvalue weighted by Gasteiger charge is 2.31. The average Bonchev–Trinajstić information content (AvgIpc) is 2.71. The molecule has 1 amide bonds. The summed E-state index contributed by atoms with van der Waals surface area (Å²) in [6.07, 6.45) is 0. The molecule has 0 radical (unpaired) electrons. The van der Waals surface area contributed by atoms with E-state index in [2.05, 4.69) is 15.9 Å². The first-order valence-electron chi connectivity index (χ1n) is 9.08. The van der Waals surface area contributed by atoms with E-state index in [0.29, 0.717) is 20.5 Å². The van der Waals surface area contributed by atoms with Crippen molar-refractivity contribution >= 4 is 31.9 Å². The van der Waals surface area contributed by atoms with Gasteiger partial charge in [-0.2, -0.15) is 4.31 Å². The van der Waals surface area contributed by atoms with Crippen LogP contribution in [-0.4, -0.2) is 61.9 Å². The molecular weight excluding hydrogens is 460 g/mol. The Labute approximate surface area is 179 Å². The van der Waals surface area contributed by atoms with Crippen LogP contribution in [0.15, 0.2) is 39.7 Å². The molecule has 2 aromatic rings. The van der Waals surface area contributed by atoms with Crippen molar-refractivity contribution in [3.63, 3.8) is 0 Å². The van der Waals surface area contributed by atoms with Crippen LogP contribution in [0.3, 0.4) is 0 Å². The second kappa shape index (κ2) is 8.33. The number of piperazine rings is 1. The highest BCUT2D eigenvalue weighted by Crippen LogP contribution is 2.35. The molecule has 0 aliphatic carbocycles. The molecule has 1 aliphatic rings. The van der Waals surface area contributed by atoms with Gasteiger partial charge in [-0.3, -0.25) is 4.79 Å². The van der Waals surface area contributed by atoms with E-state index in [1.165, 1.54) is 23.5 Å². The van der Waals surface area contributed by atoms with Gasteiger partial charge in [0.25, 0.3) is 5.91 Å². The van der Waals surface area contributed by atoms with Gasteiger partial charge in [0.1, 0.15) is 0 Å². The van der Waals surface area contributed by atoms with Crippen LogP contribution in [0.2, 0.25) is 0 Å². The number of hydrogen-bond donors (Lipinski definition) is 1. The Bertz CT molecular complexity index is 1050. The van der Waals surface area contributed by atoms with Crippen LogP contribution in [-0.2, 0) is 10.0 Å². The van der Waals surface area contributed by atoms with Crippen LogP contribution in [0.25, 0.3) is 0 Å². The number of benzene rings is 2. The summed E-state index contributed by atoms with van der Waals surface area (Å²) in [6.45, 7) is 4.64. The SMILES string of the molecule is COc1cc(C(=O)N2CCN(S(=O)(=O)c3cc(C)ccc3C)CC2)cc(Br)c1O. The number of hydrogen-bond acceptors (Lipinski definition) is 5. The minimum absolute atomic E-state index is 0.0755. The van der Waals surface area contributed by atoms with Gasteiger partial charge in [0.2, 0.25) is 10.0 Å². The lowest BCUT2D eigenvalue weighted by Gasteiger charge is -2.34. The van der Waals surface area contributed by atoms with Crippen molar-refractivity contribution in [2.45, 2.75) is 18.7 Å². The maximum atomic E-state index is 13.0. The van der Waals surface area contributed by atoms with Gasteiger partial charge >= 0.3 is 0 Å². The lowest BCUT2D eigenvalue weighted by Crippen LogP contribution is -2.50. The number of aryl methyl sites for hydroxylation is 2. The zero-order valence-electron chi connectivity index (χ0n) is 16.5. The summed E-state index contributed by atoms with van der Waals surface area (Å²) in [7, 11) is -2.21. The fraction of sp³-hybridized carbons (Fsp3) is 0.350. The van der Waals surface area contributed by atoms with Crippen LogP contribution in [0.4, 0.5) is 0 Å². The summed E-state index contributed by atoms with van der Waals surface area (Å²) in [6, 6.07) is 8.37. The largest absolute Gasteiger partial charge is 0.503 e. The average molecular weight is 483 g/mol. The normalized spacial score (nSPS) is 15.4. The molecule has 156 valence electrons. The van der Waals surface area contributed by atoms with E-state index in [4.69, 9.17) is 4.74 Å². The number of nitrogens with zero attached hydrogens (tertiary/aromatic N) is 2. The van der Waals surface area contributed by atoms with Crippen molar-refractivity contribution in [3.05, 3.63) is 51.5 Å². The van der Waals surface area contributed by atoms with Gasteiger partial charge in [-0.05, 0) is 59.1 Å². The van der Waals surface area contributed by atoms with E-state index in [1.807, 2.05) is 13.0 Å². The highest BCUT2D eigenvalue weighted by atomic mass is 79.9. The maximum Gasteiger partial charge on any atom is 0.254 e. The second-order valence-corrected chi connectivity index (χ2v) is 9.73. The Kier molecular flexibility index (Phi) is 6.21. The Hall–Kier alpha value is -2.10. The van der Waals surface area contributed by atoms with Crippen molar-refractivity contribution in [2.75, 3.05) is 33.3 Å². The van der Waals surface area contributed by atoms with Crippen molar-refractivity contribution in [2.24, 2.45) is 0 Å². The summed E-state index contributed by atoms with van der Waals surface area (Å²) >= 11 is 3.22. The molecule has 1 aliphatic heterocycles. The fourth-order valence-electron chi connectivity index (χ4n) is 3.29. The molecule has 2 aromatic carbocycles. The molecule has 1 heterocycles. The maximum absolute atomic E-state index is 13.0. The molecule has 0 atom stereocenters. The van der Waals surface area contributed by atoms with Crippen molar-refractivity contribution in [1.29, 1.82) is 0 Å². The van der Waals surface area contributed by atoms with Gasteiger partial charge in [0.15, 0.2) is 11.5 Å². The molecule has 0 saturated carbocycles. The predicted octanol–water partition coefficient (Wildman–Crippen LogP) is 2.93. The summed E-state index contributed by atoms with van der Waals surface area (Å²) in [5.74, 6) is -0.125. The lowest BCUT2D eigenvalue weighted by atomic mass is 10.1. The Balaban J connectivity index is 1.76. The van der Waals surface area contributed by atoms with Crippen molar-refractivity contribution in [1.82, 2.24) is 9.21 Å². The van der Waals surface area contributed by atoms with Gasteiger partial charge in [0, 0.05) is 31.7 Å². The van der Waals surface area contributed by atoms with E-state index in [1.54, 1.807) is 24.0 Å². The molecule has 29 heavy (non-hydrogen) atoms. The number of carbonyl (C=O) groups is 1. The summed E-state index contributed by atoms with van der Waals surface area (Å²) in [4.78, 5) is 14.8. The molecule has 0 spiro atoms. The predicted molar refractivity (Wildman–Crippen MR) is 113 cm³/mol. The Morgan fingerprint density at radius 3 is 2.38 bits per heavy atom. The molecule has 3 rings (SSSR count). The summed E-state index contributed by atoms with van der Waals surface area (Å²) in [5, 5.41) is 9.92. The van der Waals surface area contributed by atoms with E-state index >= 15 is 0 Å². The number of halogens is 1. The number of methoxy groups -OCH3 is 1. The molecule has 9 heteroatoms. The second-order valence-electron chi connectivity index (χ2n) is 6.97.